The van der Waals surface area contributed by atoms with Crippen LogP contribution in [0, 0.1) is 5.41 Å². The second kappa shape index (κ2) is 7.99. The number of ether oxygens (including phenoxy) is 1. The van der Waals surface area contributed by atoms with Gasteiger partial charge in [0.05, 0.1) is 7.11 Å². The van der Waals surface area contributed by atoms with Gasteiger partial charge in [0.25, 0.3) is 0 Å². The summed E-state index contributed by atoms with van der Waals surface area (Å²) in [6.07, 6.45) is 0. The molecule has 2 amide bonds. The lowest BCUT2D eigenvalue weighted by atomic mass is 9.95. The minimum absolute atomic E-state index is 0.0825. The standard InChI is InChI=1S/C18H28N2O3/c1-7-20(12-14-8-10-15(23-6)11-9-14)16(21)13(2)19-17(22)18(3,4)5/h8-11,13H,7,12H2,1-6H3,(H,19,22). The van der Waals surface area contributed by atoms with E-state index in [1.165, 1.54) is 0 Å². The molecule has 1 unspecified atom stereocenters. The molecular weight excluding hydrogens is 292 g/mol. The molecule has 0 heterocycles. The van der Waals surface area contributed by atoms with Gasteiger partial charge in [-0.15, -0.1) is 0 Å². The largest absolute Gasteiger partial charge is 0.497 e. The van der Waals surface area contributed by atoms with Crippen molar-refractivity contribution in [2.75, 3.05) is 13.7 Å². The number of amides is 2. The van der Waals surface area contributed by atoms with Crippen LogP contribution in [0.25, 0.3) is 0 Å². The molecule has 0 fully saturated rings. The highest BCUT2D eigenvalue weighted by Gasteiger charge is 2.27. The molecule has 1 atom stereocenters. The summed E-state index contributed by atoms with van der Waals surface area (Å²) in [5, 5.41) is 2.79. The Kier molecular flexibility index (Phi) is 6.61. The van der Waals surface area contributed by atoms with Gasteiger partial charge in [-0.05, 0) is 31.5 Å². The van der Waals surface area contributed by atoms with Gasteiger partial charge in [-0.2, -0.15) is 0 Å². The van der Waals surface area contributed by atoms with Crippen molar-refractivity contribution in [3.63, 3.8) is 0 Å². The van der Waals surface area contributed by atoms with Crippen LogP contribution in [0.3, 0.4) is 0 Å². The van der Waals surface area contributed by atoms with Gasteiger partial charge in [-0.1, -0.05) is 32.9 Å². The second-order valence-corrected chi connectivity index (χ2v) is 6.65. The summed E-state index contributed by atoms with van der Waals surface area (Å²) in [5.74, 6) is 0.578. The summed E-state index contributed by atoms with van der Waals surface area (Å²) in [5.41, 5.74) is 0.511. The molecule has 128 valence electrons. The Bertz CT molecular complexity index is 532. The van der Waals surface area contributed by atoms with E-state index in [0.29, 0.717) is 13.1 Å². The van der Waals surface area contributed by atoms with Gasteiger partial charge < -0.3 is 15.0 Å². The Balaban J connectivity index is 2.71. The fourth-order valence-corrected chi connectivity index (χ4v) is 2.05. The van der Waals surface area contributed by atoms with Crippen molar-refractivity contribution in [1.29, 1.82) is 0 Å². The van der Waals surface area contributed by atoms with Gasteiger partial charge in [0.15, 0.2) is 0 Å². The first-order chi connectivity index (χ1) is 10.7. The van der Waals surface area contributed by atoms with Crippen molar-refractivity contribution in [3.05, 3.63) is 29.8 Å². The maximum absolute atomic E-state index is 12.6. The Morgan fingerprint density at radius 3 is 2.22 bits per heavy atom. The van der Waals surface area contributed by atoms with Gasteiger partial charge in [-0.3, -0.25) is 9.59 Å². The fraction of sp³-hybridized carbons (Fsp3) is 0.556. The average Bonchev–Trinajstić information content (AvgIpc) is 2.51. The third-order valence-electron chi connectivity index (χ3n) is 3.63. The molecule has 0 bridgehead atoms. The molecular formula is C18H28N2O3. The average molecular weight is 320 g/mol. The van der Waals surface area contributed by atoms with Crippen LogP contribution >= 0.6 is 0 Å². The molecule has 0 aliphatic carbocycles. The normalized spacial score (nSPS) is 12.4. The number of hydrogen-bond donors (Lipinski definition) is 1. The summed E-state index contributed by atoms with van der Waals surface area (Å²) >= 11 is 0. The number of likely N-dealkylation sites (N-methyl/N-ethyl adjacent to an activating group) is 1. The lowest BCUT2D eigenvalue weighted by Gasteiger charge is -2.27. The topological polar surface area (TPSA) is 58.6 Å². The number of nitrogens with zero attached hydrogens (tertiary/aromatic N) is 1. The lowest BCUT2D eigenvalue weighted by molar-refractivity contribution is -0.138. The predicted molar refractivity (Wildman–Crippen MR) is 91.1 cm³/mol. The number of hydrogen-bond acceptors (Lipinski definition) is 3. The maximum Gasteiger partial charge on any atom is 0.245 e. The van der Waals surface area contributed by atoms with Crippen LogP contribution in [-0.4, -0.2) is 36.4 Å². The van der Waals surface area contributed by atoms with Crippen molar-refractivity contribution in [2.45, 2.75) is 47.2 Å². The van der Waals surface area contributed by atoms with E-state index < -0.39 is 11.5 Å². The van der Waals surface area contributed by atoms with Crippen molar-refractivity contribution < 1.29 is 14.3 Å². The predicted octanol–water partition coefficient (Wildman–Crippen LogP) is 2.59. The SMILES string of the molecule is CCN(Cc1ccc(OC)cc1)C(=O)C(C)NC(=O)C(C)(C)C. The molecule has 0 saturated carbocycles. The molecule has 5 heteroatoms. The number of rotatable bonds is 6. The number of carbonyl (C=O) groups excluding carboxylic acids is 2. The minimum atomic E-state index is -0.542. The van der Waals surface area contributed by atoms with Crippen LogP contribution in [0.2, 0.25) is 0 Å². The Morgan fingerprint density at radius 1 is 1.22 bits per heavy atom. The summed E-state index contributed by atoms with van der Waals surface area (Å²) in [4.78, 5) is 26.3. The van der Waals surface area contributed by atoms with Crippen molar-refractivity contribution in [2.24, 2.45) is 5.41 Å². The third kappa shape index (κ3) is 5.58. The zero-order valence-electron chi connectivity index (χ0n) is 15.0. The first kappa shape index (κ1) is 19.0. The molecule has 0 radical (unpaired) electrons. The van der Waals surface area contributed by atoms with E-state index >= 15 is 0 Å². The first-order valence-electron chi connectivity index (χ1n) is 7.91. The molecule has 5 nitrogen and oxygen atoms in total. The van der Waals surface area contributed by atoms with Crippen LogP contribution in [0.4, 0.5) is 0 Å². The zero-order chi connectivity index (χ0) is 17.6. The Labute approximate surface area is 139 Å². The maximum atomic E-state index is 12.6. The van der Waals surface area contributed by atoms with Gasteiger partial charge >= 0.3 is 0 Å². The summed E-state index contributed by atoms with van der Waals surface area (Å²) in [6.45, 7) is 10.2. The Morgan fingerprint density at radius 2 is 1.78 bits per heavy atom. The van der Waals surface area contributed by atoms with Gasteiger partial charge in [0.2, 0.25) is 11.8 Å². The molecule has 0 saturated heterocycles. The fourth-order valence-electron chi connectivity index (χ4n) is 2.05. The third-order valence-corrected chi connectivity index (χ3v) is 3.63. The smallest absolute Gasteiger partial charge is 0.245 e. The van der Waals surface area contributed by atoms with Gasteiger partial charge in [-0.25, -0.2) is 0 Å². The molecule has 23 heavy (non-hydrogen) atoms. The number of nitrogens with one attached hydrogen (secondary N) is 1. The van der Waals surface area contributed by atoms with E-state index in [9.17, 15) is 9.59 Å². The van der Waals surface area contributed by atoms with Crippen molar-refractivity contribution in [3.8, 4) is 5.75 Å². The highest BCUT2D eigenvalue weighted by atomic mass is 16.5. The molecule has 1 N–H and O–H groups in total. The van der Waals surface area contributed by atoms with E-state index in [-0.39, 0.29) is 11.8 Å². The summed E-state index contributed by atoms with van der Waals surface area (Å²) < 4.78 is 5.13. The number of methoxy groups -OCH3 is 1. The zero-order valence-corrected chi connectivity index (χ0v) is 15.0. The van der Waals surface area contributed by atoms with Crippen LogP contribution in [-0.2, 0) is 16.1 Å². The van der Waals surface area contributed by atoms with E-state index in [2.05, 4.69) is 5.32 Å². The van der Waals surface area contributed by atoms with E-state index in [1.54, 1.807) is 18.9 Å². The van der Waals surface area contributed by atoms with Crippen LogP contribution < -0.4 is 10.1 Å². The van der Waals surface area contributed by atoms with Crippen molar-refractivity contribution in [1.82, 2.24) is 10.2 Å². The molecule has 0 aromatic heterocycles. The van der Waals surface area contributed by atoms with E-state index in [4.69, 9.17) is 4.74 Å². The summed E-state index contributed by atoms with van der Waals surface area (Å²) in [6, 6.07) is 7.08. The van der Waals surface area contributed by atoms with E-state index in [0.717, 1.165) is 11.3 Å². The Hall–Kier alpha value is -2.04. The van der Waals surface area contributed by atoms with Crippen LogP contribution in [0.5, 0.6) is 5.75 Å². The van der Waals surface area contributed by atoms with Crippen molar-refractivity contribution >= 4 is 11.8 Å². The molecule has 0 spiro atoms. The first-order valence-corrected chi connectivity index (χ1v) is 7.91. The van der Waals surface area contributed by atoms with Crippen LogP contribution in [0.1, 0.15) is 40.2 Å². The number of carbonyl (C=O) groups is 2. The summed E-state index contributed by atoms with van der Waals surface area (Å²) in [7, 11) is 1.62. The molecule has 1 aromatic rings. The second-order valence-electron chi connectivity index (χ2n) is 6.65. The monoisotopic (exact) mass is 320 g/mol. The quantitative estimate of drug-likeness (QED) is 0.876. The van der Waals surface area contributed by atoms with Crippen LogP contribution in [0.15, 0.2) is 24.3 Å². The lowest BCUT2D eigenvalue weighted by Crippen LogP contribution is -2.49. The molecule has 0 aliphatic rings. The highest BCUT2D eigenvalue weighted by molar-refractivity contribution is 5.89. The van der Waals surface area contributed by atoms with Gasteiger partial charge in [0.1, 0.15) is 11.8 Å². The number of benzene rings is 1. The minimum Gasteiger partial charge on any atom is -0.497 e. The molecule has 1 rings (SSSR count). The molecule has 0 aliphatic heterocycles. The van der Waals surface area contributed by atoms with Gasteiger partial charge in [0, 0.05) is 18.5 Å². The molecule has 1 aromatic carbocycles. The van der Waals surface area contributed by atoms with E-state index in [1.807, 2.05) is 52.0 Å². The highest BCUT2D eigenvalue weighted by Crippen LogP contribution is 2.15.